The van der Waals surface area contributed by atoms with Crippen LogP contribution in [0.25, 0.3) is 11.4 Å². The van der Waals surface area contributed by atoms with E-state index in [2.05, 4.69) is 9.97 Å². The molecule has 0 saturated carbocycles. The van der Waals surface area contributed by atoms with E-state index < -0.39 is 5.97 Å². The van der Waals surface area contributed by atoms with Crippen LogP contribution in [0.15, 0.2) is 24.3 Å². The molecule has 0 aliphatic heterocycles. The van der Waals surface area contributed by atoms with Crippen LogP contribution >= 0.6 is 0 Å². The molecular weight excluding hydrogens is 232 g/mol. The van der Waals surface area contributed by atoms with Gasteiger partial charge in [-0.3, -0.25) is 0 Å². The minimum absolute atomic E-state index is 0.136. The van der Waals surface area contributed by atoms with Crippen molar-refractivity contribution >= 4 is 5.97 Å². The molecule has 2 rings (SSSR count). The lowest BCUT2D eigenvalue weighted by molar-refractivity contribution is 0.0694. The van der Waals surface area contributed by atoms with Crippen molar-refractivity contribution < 1.29 is 15.0 Å². The molecule has 2 aromatic rings. The van der Waals surface area contributed by atoms with Gasteiger partial charge in [0.15, 0.2) is 5.82 Å². The van der Waals surface area contributed by atoms with E-state index in [9.17, 15) is 9.90 Å². The molecule has 0 atom stereocenters. The van der Waals surface area contributed by atoms with Gasteiger partial charge in [0.25, 0.3) is 0 Å². The predicted octanol–water partition coefficient (Wildman–Crippen LogP) is 2.16. The topological polar surface area (TPSA) is 83.3 Å². The zero-order valence-electron chi connectivity index (χ0n) is 10.0. The van der Waals surface area contributed by atoms with Gasteiger partial charge in [-0.1, -0.05) is 6.07 Å². The fourth-order valence-corrected chi connectivity index (χ4v) is 1.71. The van der Waals surface area contributed by atoms with Crippen molar-refractivity contribution in [1.29, 1.82) is 0 Å². The van der Waals surface area contributed by atoms with Gasteiger partial charge in [0.1, 0.15) is 11.3 Å². The van der Waals surface area contributed by atoms with E-state index >= 15 is 0 Å². The van der Waals surface area contributed by atoms with Crippen molar-refractivity contribution in [1.82, 2.24) is 9.97 Å². The molecule has 18 heavy (non-hydrogen) atoms. The SMILES string of the molecule is Cc1cc(C)nc(-c2ccc(C(=O)O)c(O)c2)n1. The Bertz CT molecular complexity index is 603. The number of phenols is 1. The van der Waals surface area contributed by atoms with Crippen molar-refractivity contribution in [3.8, 4) is 17.1 Å². The molecule has 0 spiro atoms. The zero-order valence-corrected chi connectivity index (χ0v) is 10.0. The van der Waals surface area contributed by atoms with Gasteiger partial charge in [-0.2, -0.15) is 0 Å². The van der Waals surface area contributed by atoms with Crippen LogP contribution in [0, 0.1) is 13.8 Å². The minimum atomic E-state index is -1.17. The maximum Gasteiger partial charge on any atom is 0.339 e. The first-order valence-corrected chi connectivity index (χ1v) is 5.36. The van der Waals surface area contributed by atoms with E-state index in [4.69, 9.17) is 5.11 Å². The monoisotopic (exact) mass is 244 g/mol. The molecule has 1 aromatic carbocycles. The molecule has 1 heterocycles. The van der Waals surface area contributed by atoms with Crippen LogP contribution in [-0.4, -0.2) is 26.2 Å². The third-order valence-electron chi connectivity index (χ3n) is 2.47. The lowest BCUT2D eigenvalue weighted by Crippen LogP contribution is -1.98. The van der Waals surface area contributed by atoms with Crippen LogP contribution in [0.4, 0.5) is 0 Å². The number of rotatable bonds is 2. The Labute approximate surface area is 104 Å². The molecule has 5 heteroatoms. The van der Waals surface area contributed by atoms with Crippen LogP contribution in [0.5, 0.6) is 5.75 Å². The second-order valence-corrected chi connectivity index (χ2v) is 4.01. The summed E-state index contributed by atoms with van der Waals surface area (Å²) in [5, 5.41) is 18.4. The molecule has 0 unspecified atom stereocenters. The minimum Gasteiger partial charge on any atom is -0.507 e. The summed E-state index contributed by atoms with van der Waals surface area (Å²) in [4.78, 5) is 19.3. The largest absolute Gasteiger partial charge is 0.507 e. The Balaban J connectivity index is 2.52. The lowest BCUT2D eigenvalue weighted by atomic mass is 10.1. The van der Waals surface area contributed by atoms with Gasteiger partial charge in [-0.25, -0.2) is 14.8 Å². The molecule has 0 aliphatic carbocycles. The number of carbonyl (C=O) groups is 1. The van der Waals surface area contributed by atoms with Crippen LogP contribution in [0.3, 0.4) is 0 Å². The van der Waals surface area contributed by atoms with Crippen molar-refractivity contribution in [3.63, 3.8) is 0 Å². The first-order valence-electron chi connectivity index (χ1n) is 5.36. The van der Waals surface area contributed by atoms with E-state index in [0.29, 0.717) is 11.4 Å². The standard InChI is InChI=1S/C13H12N2O3/c1-7-5-8(2)15-12(14-7)9-3-4-10(13(17)18)11(16)6-9/h3-6,16H,1-2H3,(H,17,18). The first-order chi connectivity index (χ1) is 8.47. The van der Waals surface area contributed by atoms with Crippen LogP contribution in [-0.2, 0) is 0 Å². The third kappa shape index (κ3) is 2.29. The predicted molar refractivity (Wildman–Crippen MR) is 65.6 cm³/mol. The second kappa shape index (κ2) is 4.44. The number of aromatic nitrogens is 2. The highest BCUT2D eigenvalue weighted by Gasteiger charge is 2.11. The Morgan fingerprint density at radius 3 is 2.22 bits per heavy atom. The highest BCUT2D eigenvalue weighted by Crippen LogP contribution is 2.24. The molecule has 0 bridgehead atoms. The highest BCUT2D eigenvalue weighted by atomic mass is 16.4. The number of carboxylic acids is 1. The summed E-state index contributed by atoms with van der Waals surface area (Å²) in [5.41, 5.74) is 2.09. The fourth-order valence-electron chi connectivity index (χ4n) is 1.71. The molecule has 0 amide bonds. The van der Waals surface area contributed by atoms with Gasteiger partial charge in [0.05, 0.1) is 0 Å². The van der Waals surface area contributed by atoms with Crippen molar-refractivity contribution in [3.05, 3.63) is 41.2 Å². The van der Waals surface area contributed by atoms with E-state index in [-0.39, 0.29) is 11.3 Å². The number of benzene rings is 1. The van der Waals surface area contributed by atoms with E-state index in [1.54, 1.807) is 6.07 Å². The number of hydrogen-bond acceptors (Lipinski definition) is 4. The van der Waals surface area contributed by atoms with E-state index in [1.165, 1.54) is 12.1 Å². The molecule has 0 aliphatic rings. The van der Waals surface area contributed by atoms with Gasteiger partial charge in [0.2, 0.25) is 0 Å². The Morgan fingerprint density at radius 2 is 1.72 bits per heavy atom. The number of aryl methyl sites for hydroxylation is 2. The lowest BCUT2D eigenvalue weighted by Gasteiger charge is -2.05. The number of aromatic hydroxyl groups is 1. The molecule has 5 nitrogen and oxygen atoms in total. The van der Waals surface area contributed by atoms with Crippen molar-refractivity contribution in [2.75, 3.05) is 0 Å². The fraction of sp³-hybridized carbons (Fsp3) is 0.154. The van der Waals surface area contributed by atoms with Gasteiger partial charge >= 0.3 is 5.97 Å². The summed E-state index contributed by atoms with van der Waals surface area (Å²) < 4.78 is 0. The molecular formula is C13H12N2O3. The molecule has 0 fully saturated rings. The average Bonchev–Trinajstić information content (AvgIpc) is 2.26. The maximum absolute atomic E-state index is 10.8. The van der Waals surface area contributed by atoms with Crippen molar-refractivity contribution in [2.24, 2.45) is 0 Å². The Hall–Kier alpha value is -2.43. The first kappa shape index (κ1) is 12.0. The summed E-state index contributed by atoms with van der Waals surface area (Å²) in [6.45, 7) is 3.70. The Kier molecular flexibility index (Phi) is 2.97. The third-order valence-corrected chi connectivity index (χ3v) is 2.47. The molecule has 1 aromatic heterocycles. The van der Waals surface area contributed by atoms with Crippen LogP contribution < -0.4 is 0 Å². The maximum atomic E-state index is 10.8. The molecule has 92 valence electrons. The Morgan fingerprint density at radius 1 is 1.11 bits per heavy atom. The van der Waals surface area contributed by atoms with Crippen LogP contribution in [0.2, 0.25) is 0 Å². The summed E-state index contributed by atoms with van der Waals surface area (Å²) in [6.07, 6.45) is 0. The van der Waals surface area contributed by atoms with Crippen LogP contribution in [0.1, 0.15) is 21.7 Å². The molecule has 2 N–H and O–H groups in total. The molecule has 0 saturated heterocycles. The van der Waals surface area contributed by atoms with E-state index in [0.717, 1.165) is 11.4 Å². The number of carboxylic acid groups (broad SMARTS) is 1. The van der Waals surface area contributed by atoms with Gasteiger partial charge in [-0.05, 0) is 32.0 Å². The summed E-state index contributed by atoms with van der Waals surface area (Å²) in [6, 6.07) is 6.12. The smallest absolute Gasteiger partial charge is 0.339 e. The van der Waals surface area contributed by atoms with E-state index in [1.807, 2.05) is 19.9 Å². The van der Waals surface area contributed by atoms with Gasteiger partial charge in [-0.15, -0.1) is 0 Å². The van der Waals surface area contributed by atoms with Crippen molar-refractivity contribution in [2.45, 2.75) is 13.8 Å². The highest BCUT2D eigenvalue weighted by molar-refractivity contribution is 5.91. The summed E-state index contributed by atoms with van der Waals surface area (Å²) >= 11 is 0. The summed E-state index contributed by atoms with van der Waals surface area (Å²) in [5.74, 6) is -0.983. The van der Waals surface area contributed by atoms with Gasteiger partial charge < -0.3 is 10.2 Å². The zero-order chi connectivity index (χ0) is 13.3. The molecule has 0 radical (unpaired) electrons. The van der Waals surface area contributed by atoms with Gasteiger partial charge in [0, 0.05) is 17.0 Å². The normalized spacial score (nSPS) is 10.3. The number of aromatic carboxylic acids is 1. The number of hydrogen-bond donors (Lipinski definition) is 2. The average molecular weight is 244 g/mol. The number of nitrogens with zero attached hydrogens (tertiary/aromatic N) is 2. The quantitative estimate of drug-likeness (QED) is 0.845. The second-order valence-electron chi connectivity index (χ2n) is 4.01. The summed E-state index contributed by atoms with van der Waals surface area (Å²) in [7, 11) is 0.